The van der Waals surface area contributed by atoms with E-state index in [-0.39, 0.29) is 30.4 Å². The average molecular weight is 836 g/mol. The molecule has 60 heavy (non-hydrogen) atoms. The van der Waals surface area contributed by atoms with Crippen molar-refractivity contribution in [3.8, 4) is 11.5 Å². The summed E-state index contributed by atoms with van der Waals surface area (Å²) in [5.41, 5.74) is 8.96. The second-order valence-corrected chi connectivity index (χ2v) is 16.5. The third kappa shape index (κ3) is 16.3. The topological polar surface area (TPSA) is 173 Å². The van der Waals surface area contributed by atoms with E-state index in [9.17, 15) is 14.7 Å². The third-order valence-electron chi connectivity index (χ3n) is 11.7. The van der Waals surface area contributed by atoms with Crippen LogP contribution in [-0.2, 0) is 16.1 Å². The molecule has 1 aliphatic heterocycles. The number of carbonyl (C=O) groups excluding carboxylic acids is 2. The molecule has 0 bridgehead atoms. The molecule has 3 aromatic rings. The average Bonchev–Trinajstić information content (AvgIpc) is 3.67. The number of nitrogen functional groups attached to an aromatic ring is 1. The number of ether oxygens (including phenoxy) is 2. The molecular weight excluding hydrogens is 759 g/mol. The highest BCUT2D eigenvalue weighted by molar-refractivity contribution is 5.86. The Hall–Kier alpha value is -4.33. The van der Waals surface area contributed by atoms with Crippen molar-refractivity contribution in [1.82, 2.24) is 30.0 Å². The molecule has 0 radical (unpaired) electrons. The molecule has 3 heterocycles. The van der Waals surface area contributed by atoms with Crippen LogP contribution in [0.1, 0.15) is 154 Å². The molecule has 14 nitrogen and oxygen atoms in total. The number of hydrogen-bond acceptors (Lipinski definition) is 11. The van der Waals surface area contributed by atoms with Gasteiger partial charge in [0.05, 0.1) is 45.2 Å². The first-order valence-electron chi connectivity index (χ1n) is 23.2. The molecule has 14 heteroatoms. The Morgan fingerprint density at radius 2 is 1.37 bits per heavy atom. The Morgan fingerprint density at radius 1 is 0.783 bits per heavy atom. The van der Waals surface area contributed by atoms with Gasteiger partial charge in [-0.1, -0.05) is 110 Å². The molecule has 336 valence electrons. The lowest BCUT2D eigenvalue weighted by Gasteiger charge is -2.36. The van der Waals surface area contributed by atoms with Crippen LogP contribution >= 0.6 is 0 Å². The van der Waals surface area contributed by atoms with Crippen LogP contribution < -0.4 is 30.7 Å². The lowest BCUT2D eigenvalue weighted by Crippen LogP contribution is -2.48. The van der Waals surface area contributed by atoms with Gasteiger partial charge in [-0.2, -0.15) is 10.1 Å². The Labute approximate surface area is 359 Å². The number of anilines is 3. The van der Waals surface area contributed by atoms with E-state index in [1.165, 1.54) is 83.5 Å². The van der Waals surface area contributed by atoms with Crippen molar-refractivity contribution >= 4 is 40.3 Å². The number of nitrogens with zero attached hydrogens (tertiary/aromatic N) is 6. The standard InChI is InChI=1S/C46H77N9O5/c1-5-7-8-9-10-11-12-13-14-15-16-17-18-19-20-24-42(57)48-26-22-21-25-43(58)54-29-27-53(28-30-54)37-31-40(59-3)38(41(32-37)60-4)33-55-34-39-44(52-55)45(51-46(47)50-39)49-36(35-56)23-6-2/h31-32,34,36,56H,5-30,33,35H2,1-4H3,(H,48,57)(H3,47,49,50,51)/t36-/m0/s1. The lowest BCUT2D eigenvalue weighted by atomic mass is 10.0. The quantitative estimate of drug-likeness (QED) is 0.0460. The number of hydrogen-bond donors (Lipinski definition) is 4. The molecule has 1 saturated heterocycles. The Bertz CT molecular complexity index is 1670. The molecule has 1 aliphatic rings. The van der Waals surface area contributed by atoms with Gasteiger partial charge >= 0.3 is 0 Å². The Balaban J connectivity index is 1.11. The monoisotopic (exact) mass is 836 g/mol. The summed E-state index contributed by atoms with van der Waals surface area (Å²) in [6.07, 6.45) is 25.9. The van der Waals surface area contributed by atoms with Crippen molar-refractivity contribution in [3.63, 3.8) is 0 Å². The zero-order valence-corrected chi connectivity index (χ0v) is 37.4. The van der Waals surface area contributed by atoms with E-state index in [0.29, 0.717) is 80.5 Å². The number of rotatable bonds is 31. The molecule has 2 amide bonds. The van der Waals surface area contributed by atoms with Gasteiger partial charge in [0, 0.05) is 63.4 Å². The number of aliphatic hydroxyl groups excluding tert-OH is 1. The number of nitrogens with two attached hydrogens (primary N) is 1. The minimum atomic E-state index is -0.172. The van der Waals surface area contributed by atoms with Crippen molar-refractivity contribution in [3.05, 3.63) is 23.9 Å². The Kier molecular flexibility index (Phi) is 22.2. The number of aliphatic hydroxyl groups is 1. The van der Waals surface area contributed by atoms with Gasteiger partial charge in [-0.15, -0.1) is 0 Å². The van der Waals surface area contributed by atoms with Gasteiger partial charge in [0.25, 0.3) is 0 Å². The number of amides is 2. The van der Waals surface area contributed by atoms with Crippen LogP contribution in [0.15, 0.2) is 18.3 Å². The number of carbonyl (C=O) groups is 2. The molecule has 1 aromatic carbocycles. The molecule has 4 rings (SSSR count). The summed E-state index contributed by atoms with van der Waals surface area (Å²) in [4.78, 5) is 38.4. The van der Waals surface area contributed by atoms with Crippen LogP contribution in [0.2, 0.25) is 0 Å². The van der Waals surface area contributed by atoms with Crippen LogP contribution in [0.4, 0.5) is 17.5 Å². The zero-order valence-electron chi connectivity index (χ0n) is 37.4. The lowest BCUT2D eigenvalue weighted by molar-refractivity contribution is -0.131. The Morgan fingerprint density at radius 3 is 1.93 bits per heavy atom. The first-order valence-corrected chi connectivity index (χ1v) is 23.2. The van der Waals surface area contributed by atoms with Crippen LogP contribution in [0.25, 0.3) is 11.0 Å². The van der Waals surface area contributed by atoms with Gasteiger partial charge < -0.3 is 40.7 Å². The predicted molar refractivity (Wildman–Crippen MR) is 243 cm³/mol. The van der Waals surface area contributed by atoms with E-state index in [4.69, 9.17) is 20.3 Å². The summed E-state index contributed by atoms with van der Waals surface area (Å²) in [5.74, 6) is 2.23. The SMILES string of the molecule is CCCCCCCCCCCCCCCCCC(=O)NCCCCC(=O)N1CCN(c2cc(OC)c(Cn3cc4nc(N)nc(N[C@H](CO)CCC)c4n3)c(OC)c2)CC1. The summed E-state index contributed by atoms with van der Waals surface area (Å²) in [5, 5.41) is 20.9. The smallest absolute Gasteiger partial charge is 0.222 e. The number of piperazine rings is 1. The normalized spacial score (nSPS) is 13.5. The number of fused-ring (bicyclic) bond motifs is 1. The first-order chi connectivity index (χ1) is 29.3. The summed E-state index contributed by atoms with van der Waals surface area (Å²) >= 11 is 0. The number of unbranched alkanes of at least 4 members (excludes halogenated alkanes) is 15. The number of nitrogens with one attached hydrogen (secondary N) is 2. The zero-order chi connectivity index (χ0) is 43.0. The van der Waals surface area contributed by atoms with Gasteiger partial charge in [-0.25, -0.2) is 4.98 Å². The number of aromatic nitrogens is 4. The number of benzene rings is 1. The van der Waals surface area contributed by atoms with Gasteiger partial charge in [0.15, 0.2) is 11.3 Å². The summed E-state index contributed by atoms with van der Waals surface area (Å²) in [7, 11) is 3.28. The fourth-order valence-electron chi connectivity index (χ4n) is 8.13. The molecule has 0 saturated carbocycles. The van der Waals surface area contributed by atoms with Crippen LogP contribution in [0, 0.1) is 0 Å². The van der Waals surface area contributed by atoms with Crippen LogP contribution in [0.5, 0.6) is 11.5 Å². The molecule has 0 aliphatic carbocycles. The van der Waals surface area contributed by atoms with E-state index < -0.39 is 0 Å². The van der Waals surface area contributed by atoms with Crippen molar-refractivity contribution in [2.24, 2.45) is 0 Å². The van der Waals surface area contributed by atoms with Crippen LogP contribution in [-0.4, -0.2) is 101 Å². The van der Waals surface area contributed by atoms with Crippen LogP contribution in [0.3, 0.4) is 0 Å². The van der Waals surface area contributed by atoms with Crippen molar-refractivity contribution in [2.45, 2.75) is 161 Å². The highest BCUT2D eigenvalue weighted by atomic mass is 16.5. The predicted octanol–water partition coefficient (Wildman–Crippen LogP) is 8.24. The summed E-state index contributed by atoms with van der Waals surface area (Å²) in [6.45, 7) is 7.94. The fraction of sp³-hybridized carbons (Fsp3) is 0.717. The second-order valence-electron chi connectivity index (χ2n) is 16.5. The summed E-state index contributed by atoms with van der Waals surface area (Å²) < 4.78 is 13.5. The highest BCUT2D eigenvalue weighted by Crippen LogP contribution is 2.36. The molecule has 0 spiro atoms. The second kappa shape index (κ2) is 27.5. The molecule has 5 N–H and O–H groups in total. The van der Waals surface area contributed by atoms with Gasteiger partial charge in [-0.3, -0.25) is 14.3 Å². The maximum absolute atomic E-state index is 13.1. The molecule has 0 unspecified atom stereocenters. The maximum atomic E-state index is 13.1. The van der Waals surface area contributed by atoms with Crippen molar-refractivity contribution in [2.75, 3.05) is 69.5 Å². The van der Waals surface area contributed by atoms with Gasteiger partial charge in [-0.05, 0) is 25.7 Å². The van der Waals surface area contributed by atoms with E-state index in [0.717, 1.165) is 49.8 Å². The first kappa shape index (κ1) is 48.3. The van der Waals surface area contributed by atoms with E-state index in [1.54, 1.807) is 18.9 Å². The largest absolute Gasteiger partial charge is 0.496 e. The van der Waals surface area contributed by atoms with Crippen molar-refractivity contribution in [1.29, 1.82) is 0 Å². The minimum Gasteiger partial charge on any atom is -0.496 e. The molecule has 2 aromatic heterocycles. The molecule has 1 fully saturated rings. The third-order valence-corrected chi connectivity index (χ3v) is 11.7. The van der Waals surface area contributed by atoms with Gasteiger partial charge in [0.1, 0.15) is 17.0 Å². The summed E-state index contributed by atoms with van der Waals surface area (Å²) in [6, 6.07) is 3.84. The number of methoxy groups -OCH3 is 2. The maximum Gasteiger partial charge on any atom is 0.222 e. The van der Waals surface area contributed by atoms with Crippen molar-refractivity contribution < 1.29 is 24.2 Å². The fourth-order valence-corrected chi connectivity index (χ4v) is 8.13. The highest BCUT2D eigenvalue weighted by Gasteiger charge is 2.24. The van der Waals surface area contributed by atoms with E-state index in [1.807, 2.05) is 23.2 Å². The minimum absolute atomic E-state index is 0.0340. The van der Waals surface area contributed by atoms with Gasteiger partial charge in [0.2, 0.25) is 17.8 Å². The van der Waals surface area contributed by atoms with E-state index in [2.05, 4.69) is 39.3 Å². The van der Waals surface area contributed by atoms with E-state index >= 15 is 0 Å². The molecular formula is C46H77N9O5. The molecule has 1 atom stereocenters.